The van der Waals surface area contributed by atoms with Crippen LogP contribution in [0.3, 0.4) is 0 Å². The Morgan fingerprint density at radius 1 is 1.50 bits per heavy atom. The first-order valence-electron chi connectivity index (χ1n) is 5.44. The first-order chi connectivity index (χ1) is 6.63. The Morgan fingerprint density at radius 3 is 2.64 bits per heavy atom. The summed E-state index contributed by atoms with van der Waals surface area (Å²) in [5.74, 6) is 0.767. The van der Waals surface area contributed by atoms with E-state index in [0.29, 0.717) is 6.04 Å². The Hall–Kier alpha value is -0.570. The maximum atomic E-state index is 11.1. The van der Waals surface area contributed by atoms with Crippen molar-refractivity contribution in [1.82, 2.24) is 5.32 Å². The quantitative estimate of drug-likeness (QED) is 0.660. The Morgan fingerprint density at radius 2 is 2.14 bits per heavy atom. The van der Waals surface area contributed by atoms with E-state index in [4.69, 9.17) is 0 Å². The predicted molar refractivity (Wildman–Crippen MR) is 56.0 cm³/mol. The van der Waals surface area contributed by atoms with Crippen LogP contribution >= 0.6 is 0 Å². The highest BCUT2D eigenvalue weighted by Crippen LogP contribution is 2.33. The monoisotopic (exact) mass is 199 g/mol. The first-order valence-corrected chi connectivity index (χ1v) is 5.44. The summed E-state index contributed by atoms with van der Waals surface area (Å²) in [7, 11) is 1.44. The molecule has 1 fully saturated rings. The lowest BCUT2D eigenvalue weighted by atomic mass is 10.1. The van der Waals surface area contributed by atoms with Gasteiger partial charge in [-0.1, -0.05) is 19.8 Å². The minimum Gasteiger partial charge on any atom is -0.469 e. The van der Waals surface area contributed by atoms with Gasteiger partial charge in [-0.3, -0.25) is 4.79 Å². The van der Waals surface area contributed by atoms with Gasteiger partial charge >= 0.3 is 5.97 Å². The molecule has 0 heterocycles. The second kappa shape index (κ2) is 5.35. The molecule has 1 aliphatic carbocycles. The van der Waals surface area contributed by atoms with Crippen molar-refractivity contribution in [3.8, 4) is 0 Å². The number of hydrogen-bond acceptors (Lipinski definition) is 3. The molecule has 0 aromatic carbocycles. The topological polar surface area (TPSA) is 38.3 Å². The fraction of sp³-hybridized carbons (Fsp3) is 0.909. The fourth-order valence-electron chi connectivity index (χ4n) is 1.60. The number of esters is 1. The molecule has 1 rings (SSSR count). The molecule has 2 unspecified atom stereocenters. The van der Waals surface area contributed by atoms with E-state index in [1.165, 1.54) is 26.4 Å². The van der Waals surface area contributed by atoms with Crippen molar-refractivity contribution in [2.75, 3.05) is 13.7 Å². The number of carbonyl (C=O) groups is 1. The molecule has 1 N–H and O–H groups in total. The molecule has 0 spiro atoms. The Kier molecular flexibility index (Phi) is 4.39. The third kappa shape index (κ3) is 4.09. The van der Waals surface area contributed by atoms with Crippen molar-refractivity contribution in [2.24, 2.45) is 11.8 Å². The zero-order valence-corrected chi connectivity index (χ0v) is 9.38. The number of nitrogens with one attached hydrogen (secondary N) is 1. The first kappa shape index (κ1) is 11.5. The van der Waals surface area contributed by atoms with Gasteiger partial charge in [-0.2, -0.15) is 0 Å². The number of methoxy groups -OCH3 is 1. The second-order valence-corrected chi connectivity index (χ2v) is 4.41. The van der Waals surface area contributed by atoms with Crippen LogP contribution in [0.2, 0.25) is 0 Å². The minimum absolute atomic E-state index is 0.0401. The zero-order chi connectivity index (χ0) is 10.6. The van der Waals surface area contributed by atoms with Crippen LogP contribution in [0.4, 0.5) is 0 Å². The molecule has 3 heteroatoms. The number of hydrogen-bond donors (Lipinski definition) is 1. The second-order valence-electron chi connectivity index (χ2n) is 4.41. The van der Waals surface area contributed by atoms with Gasteiger partial charge < -0.3 is 10.1 Å². The summed E-state index contributed by atoms with van der Waals surface area (Å²) in [6.07, 6.45) is 4.02. The lowest BCUT2D eigenvalue weighted by Crippen LogP contribution is -2.33. The SMILES string of the molecule is COC(=O)C(C)CNC(C)CC1CC1. The Labute approximate surface area is 86.2 Å². The van der Waals surface area contributed by atoms with Crippen molar-refractivity contribution < 1.29 is 9.53 Å². The molecule has 14 heavy (non-hydrogen) atoms. The summed E-state index contributed by atoms with van der Waals surface area (Å²) < 4.78 is 4.66. The lowest BCUT2D eigenvalue weighted by molar-refractivity contribution is -0.144. The molecule has 0 aliphatic heterocycles. The maximum Gasteiger partial charge on any atom is 0.309 e. The van der Waals surface area contributed by atoms with Crippen LogP contribution in [0.25, 0.3) is 0 Å². The van der Waals surface area contributed by atoms with E-state index in [-0.39, 0.29) is 11.9 Å². The molecule has 82 valence electrons. The average molecular weight is 199 g/mol. The van der Waals surface area contributed by atoms with Crippen molar-refractivity contribution >= 4 is 5.97 Å². The van der Waals surface area contributed by atoms with Crippen molar-refractivity contribution in [2.45, 2.75) is 39.2 Å². The van der Waals surface area contributed by atoms with E-state index < -0.39 is 0 Å². The summed E-state index contributed by atoms with van der Waals surface area (Å²) in [5.41, 5.74) is 0. The van der Waals surface area contributed by atoms with Crippen LogP contribution in [-0.2, 0) is 9.53 Å². The normalized spacial score (nSPS) is 20.2. The van der Waals surface area contributed by atoms with Crippen LogP contribution < -0.4 is 5.32 Å². The molecule has 0 aromatic heterocycles. The van der Waals surface area contributed by atoms with Gasteiger partial charge in [-0.25, -0.2) is 0 Å². The van der Waals surface area contributed by atoms with Gasteiger partial charge in [-0.15, -0.1) is 0 Å². The van der Waals surface area contributed by atoms with E-state index in [1.807, 2.05) is 6.92 Å². The van der Waals surface area contributed by atoms with E-state index >= 15 is 0 Å². The van der Waals surface area contributed by atoms with E-state index in [1.54, 1.807) is 0 Å². The maximum absolute atomic E-state index is 11.1. The van der Waals surface area contributed by atoms with Gasteiger partial charge in [-0.05, 0) is 19.3 Å². The number of ether oxygens (including phenoxy) is 1. The molecule has 1 aliphatic rings. The van der Waals surface area contributed by atoms with Crippen molar-refractivity contribution in [3.63, 3.8) is 0 Å². The molecule has 0 bridgehead atoms. The Bertz CT molecular complexity index is 190. The van der Waals surface area contributed by atoms with E-state index in [9.17, 15) is 4.79 Å². The molecule has 0 aromatic rings. The van der Waals surface area contributed by atoms with Crippen LogP contribution in [0, 0.1) is 11.8 Å². The molecule has 3 nitrogen and oxygen atoms in total. The Balaban J connectivity index is 2.08. The molecule has 0 saturated heterocycles. The molecule has 2 atom stereocenters. The van der Waals surface area contributed by atoms with Crippen LogP contribution in [0.5, 0.6) is 0 Å². The van der Waals surface area contributed by atoms with Crippen molar-refractivity contribution in [1.29, 1.82) is 0 Å². The van der Waals surface area contributed by atoms with E-state index in [0.717, 1.165) is 12.5 Å². The van der Waals surface area contributed by atoms with Gasteiger partial charge in [0.2, 0.25) is 0 Å². The summed E-state index contributed by atoms with van der Waals surface area (Å²) in [5, 5.41) is 3.37. The lowest BCUT2D eigenvalue weighted by Gasteiger charge is -2.16. The smallest absolute Gasteiger partial charge is 0.309 e. The predicted octanol–water partition coefficient (Wildman–Crippen LogP) is 1.57. The standard InChI is InChI=1S/C11H21NO2/c1-8(11(13)14-3)7-12-9(2)6-10-4-5-10/h8-10,12H,4-7H2,1-3H3. The third-order valence-corrected chi connectivity index (χ3v) is 2.76. The van der Waals surface area contributed by atoms with Gasteiger partial charge in [0.15, 0.2) is 0 Å². The molecule has 1 saturated carbocycles. The highest BCUT2D eigenvalue weighted by Gasteiger charge is 2.23. The largest absolute Gasteiger partial charge is 0.469 e. The summed E-state index contributed by atoms with van der Waals surface area (Å²) in [4.78, 5) is 11.1. The van der Waals surface area contributed by atoms with E-state index in [2.05, 4.69) is 17.0 Å². The number of rotatable bonds is 6. The highest BCUT2D eigenvalue weighted by atomic mass is 16.5. The van der Waals surface area contributed by atoms with Gasteiger partial charge in [0.1, 0.15) is 0 Å². The van der Waals surface area contributed by atoms with Gasteiger partial charge in [0.25, 0.3) is 0 Å². The summed E-state index contributed by atoms with van der Waals surface area (Å²) >= 11 is 0. The number of carbonyl (C=O) groups excluding carboxylic acids is 1. The molecular weight excluding hydrogens is 178 g/mol. The fourth-order valence-corrected chi connectivity index (χ4v) is 1.60. The average Bonchev–Trinajstić information content (AvgIpc) is 2.96. The van der Waals surface area contributed by atoms with Crippen molar-refractivity contribution in [3.05, 3.63) is 0 Å². The summed E-state index contributed by atoms with van der Waals surface area (Å²) in [6, 6.07) is 0.523. The molecule has 0 radical (unpaired) electrons. The summed E-state index contributed by atoms with van der Waals surface area (Å²) in [6.45, 7) is 4.80. The van der Waals surface area contributed by atoms with Gasteiger partial charge in [0, 0.05) is 12.6 Å². The molecular formula is C11H21NO2. The van der Waals surface area contributed by atoms with Gasteiger partial charge in [0.05, 0.1) is 13.0 Å². The van der Waals surface area contributed by atoms with Crippen LogP contribution in [-0.4, -0.2) is 25.7 Å². The van der Waals surface area contributed by atoms with Crippen LogP contribution in [0.15, 0.2) is 0 Å². The van der Waals surface area contributed by atoms with Crippen LogP contribution in [0.1, 0.15) is 33.1 Å². The highest BCUT2D eigenvalue weighted by molar-refractivity contribution is 5.72. The minimum atomic E-state index is -0.129. The third-order valence-electron chi connectivity index (χ3n) is 2.76. The molecule has 0 amide bonds. The zero-order valence-electron chi connectivity index (χ0n) is 9.38.